The van der Waals surface area contributed by atoms with Crippen LogP contribution >= 0.6 is 0 Å². The molecule has 0 bridgehead atoms. The van der Waals surface area contributed by atoms with Crippen LogP contribution in [-0.2, 0) is 6.54 Å². The normalized spacial score (nSPS) is 11.3. The molecule has 0 fully saturated rings. The Bertz CT molecular complexity index is 1140. The maximum atomic E-state index is 5.57. The van der Waals surface area contributed by atoms with E-state index in [1.807, 2.05) is 0 Å². The molecular weight excluding hydrogens is 1040 g/mol. The molecule has 21 nitrogen and oxygen atoms in total. The third kappa shape index (κ3) is 91.7. The van der Waals surface area contributed by atoms with Crippen molar-refractivity contribution in [3.8, 4) is 0 Å². The fraction of sp³-hybridized carbons (Fsp3) is 0.903. The van der Waals surface area contributed by atoms with Crippen molar-refractivity contribution in [1.29, 1.82) is 0 Å². The molecule has 0 aromatic heterocycles. The van der Waals surface area contributed by atoms with Crippen molar-refractivity contribution in [2.24, 2.45) is 63.3 Å². The summed E-state index contributed by atoms with van der Waals surface area (Å²) in [5.74, 6) is 0.821. The molecule has 1 atom stereocenters. The number of nitrogens with two attached hydrogens (primary N) is 10. The minimum absolute atomic E-state index is 0.771. The number of nitrogens with one attached hydrogen (secondary N) is 11. The first kappa shape index (κ1) is 87.8. The van der Waals surface area contributed by atoms with E-state index in [-0.39, 0.29) is 0 Å². The summed E-state index contributed by atoms with van der Waals surface area (Å²) in [5, 5.41) is 37.3. The molecule has 31 N–H and O–H groups in total. The maximum absolute atomic E-state index is 5.57. The van der Waals surface area contributed by atoms with E-state index in [0.717, 1.165) is 280 Å². The number of unbranched alkanes of at least 4 members (excludes halogenated alkanes) is 7. The molecule has 0 spiro atoms. The molecule has 500 valence electrons. The summed E-state index contributed by atoms with van der Waals surface area (Å²) in [6.07, 6.45) is 27.7. The van der Waals surface area contributed by atoms with Crippen LogP contribution in [0.15, 0.2) is 30.3 Å². The Morgan fingerprint density at radius 3 is 0.807 bits per heavy atom. The zero-order valence-corrected chi connectivity index (χ0v) is 54.1. The summed E-state index contributed by atoms with van der Waals surface area (Å²) in [6.45, 7) is 31.1. The quantitative estimate of drug-likeness (QED) is 0.0401. The molecule has 1 rings (SSSR count). The van der Waals surface area contributed by atoms with Crippen molar-refractivity contribution < 1.29 is 0 Å². The predicted molar refractivity (Wildman–Crippen MR) is 367 cm³/mol. The smallest absolute Gasteiger partial charge is 0.0205 e. The lowest BCUT2D eigenvalue weighted by molar-refractivity contribution is 0.383. The SMILES string of the molecule is NCCCCCCCC(CCCCNCCCN)CNCCCN.NCCCNCCCCCNCCCN.NCCCNCCCNCCCN.NCCCNCCNCCCN.NCCCNCCNCCCNCc1ccccc1. The van der Waals surface area contributed by atoms with Gasteiger partial charge in [-0.15, -0.1) is 0 Å². The van der Waals surface area contributed by atoms with Gasteiger partial charge in [-0.1, -0.05) is 68.9 Å². The minimum atomic E-state index is 0.771. The summed E-state index contributed by atoms with van der Waals surface area (Å²) in [6, 6.07) is 10.5. The van der Waals surface area contributed by atoms with E-state index in [0.29, 0.717) is 0 Å². The summed E-state index contributed by atoms with van der Waals surface area (Å²) < 4.78 is 0. The Labute approximate surface area is 512 Å². The van der Waals surface area contributed by atoms with Gasteiger partial charge in [0.15, 0.2) is 0 Å². The molecule has 0 saturated heterocycles. The van der Waals surface area contributed by atoms with Crippen LogP contribution in [0.1, 0.15) is 153 Å². The van der Waals surface area contributed by atoms with E-state index >= 15 is 0 Å². The Hall–Kier alpha value is -1.62. The fourth-order valence-corrected chi connectivity index (χ4v) is 8.15. The van der Waals surface area contributed by atoms with Crippen molar-refractivity contribution in [2.45, 2.75) is 154 Å². The highest BCUT2D eigenvalue weighted by atomic mass is 15.0. The fourth-order valence-electron chi connectivity index (χ4n) is 8.15. The largest absolute Gasteiger partial charge is 0.330 e. The van der Waals surface area contributed by atoms with E-state index in [9.17, 15) is 0 Å². The van der Waals surface area contributed by atoms with Gasteiger partial charge in [-0.3, -0.25) is 0 Å². The average molecular weight is 1190 g/mol. The number of hydrogen-bond acceptors (Lipinski definition) is 21. The van der Waals surface area contributed by atoms with Crippen LogP contribution in [0.5, 0.6) is 0 Å². The highest BCUT2D eigenvalue weighted by Gasteiger charge is 2.08. The first-order chi connectivity index (χ1) is 41.0. The van der Waals surface area contributed by atoms with Gasteiger partial charge >= 0.3 is 0 Å². The van der Waals surface area contributed by atoms with Gasteiger partial charge in [0.2, 0.25) is 0 Å². The van der Waals surface area contributed by atoms with Crippen LogP contribution in [0.25, 0.3) is 0 Å². The lowest BCUT2D eigenvalue weighted by atomic mass is 9.94. The van der Waals surface area contributed by atoms with Crippen LogP contribution < -0.4 is 116 Å². The molecule has 0 aliphatic carbocycles. The Balaban J connectivity index is -0.000000481. The van der Waals surface area contributed by atoms with Crippen molar-refractivity contribution in [2.75, 3.05) is 203 Å². The van der Waals surface area contributed by atoms with Crippen molar-refractivity contribution in [3.63, 3.8) is 0 Å². The number of rotatable bonds is 63. The Kier molecular flexibility index (Phi) is 94.3. The Morgan fingerprint density at radius 1 is 0.217 bits per heavy atom. The van der Waals surface area contributed by atoms with Crippen LogP contribution in [0.2, 0.25) is 0 Å². The third-order valence-electron chi connectivity index (χ3n) is 13.2. The van der Waals surface area contributed by atoms with E-state index in [1.165, 1.54) is 89.0 Å². The second-order valence-electron chi connectivity index (χ2n) is 21.4. The van der Waals surface area contributed by atoms with E-state index in [2.05, 4.69) is 88.8 Å². The zero-order valence-electron chi connectivity index (χ0n) is 54.1. The van der Waals surface area contributed by atoms with Gasteiger partial charge in [0.25, 0.3) is 0 Å². The number of benzene rings is 1. The van der Waals surface area contributed by atoms with Crippen molar-refractivity contribution in [3.05, 3.63) is 35.9 Å². The van der Waals surface area contributed by atoms with E-state index in [4.69, 9.17) is 57.3 Å². The monoisotopic (exact) mass is 1190 g/mol. The molecule has 1 aromatic carbocycles. The van der Waals surface area contributed by atoms with Crippen molar-refractivity contribution >= 4 is 0 Å². The predicted octanol–water partition coefficient (Wildman–Crippen LogP) is 0.793. The molecule has 0 aliphatic heterocycles. The second-order valence-corrected chi connectivity index (χ2v) is 21.4. The summed E-state index contributed by atoms with van der Waals surface area (Å²) in [5.41, 5.74) is 55.6. The highest BCUT2D eigenvalue weighted by Crippen LogP contribution is 2.17. The molecule has 0 amide bonds. The Morgan fingerprint density at radius 2 is 0.458 bits per heavy atom. The molecule has 0 radical (unpaired) electrons. The van der Waals surface area contributed by atoms with Gasteiger partial charge in [-0.2, -0.15) is 0 Å². The van der Waals surface area contributed by atoms with Gasteiger partial charge in [0.05, 0.1) is 0 Å². The maximum Gasteiger partial charge on any atom is 0.0205 e. The van der Waals surface area contributed by atoms with Crippen LogP contribution in [0.4, 0.5) is 0 Å². The molecule has 83 heavy (non-hydrogen) atoms. The molecule has 0 saturated carbocycles. The van der Waals surface area contributed by atoms with Gasteiger partial charge in [-0.05, 0) is 297 Å². The molecular formula is C62H147N21. The lowest BCUT2D eigenvalue weighted by Gasteiger charge is -2.18. The lowest BCUT2D eigenvalue weighted by Crippen LogP contribution is -2.30. The van der Waals surface area contributed by atoms with Crippen molar-refractivity contribution in [1.82, 2.24) is 58.5 Å². The van der Waals surface area contributed by atoms with Crippen LogP contribution in [-0.4, -0.2) is 203 Å². The highest BCUT2D eigenvalue weighted by molar-refractivity contribution is 5.14. The minimum Gasteiger partial charge on any atom is -0.330 e. The topological polar surface area (TPSA) is 393 Å². The number of hydrogen-bond donors (Lipinski definition) is 21. The van der Waals surface area contributed by atoms with Gasteiger partial charge in [-0.25, -0.2) is 0 Å². The molecule has 21 heteroatoms. The van der Waals surface area contributed by atoms with Gasteiger partial charge < -0.3 is 116 Å². The van der Waals surface area contributed by atoms with Crippen LogP contribution in [0, 0.1) is 5.92 Å². The average Bonchev–Trinajstić information content (AvgIpc) is 3.50. The van der Waals surface area contributed by atoms with E-state index < -0.39 is 0 Å². The molecule has 1 unspecified atom stereocenters. The van der Waals surface area contributed by atoms with Gasteiger partial charge in [0, 0.05) is 32.7 Å². The standard InChI is InChI=1S/C19H45N5.C15H28N4.C11H28N4.C9H24N4.C8H22N4/c20-12-6-3-1-2-4-10-19(18-24-17-9-14-22)11-5-7-15-23-16-8-13-21;16-8-4-9-17-12-13-18-10-5-11-19-14-15-6-2-1-3-7-15;12-6-4-10-14-8-2-1-3-9-15-11-5-7-13;10-4-1-6-12-8-3-9-13-7-2-5-11;9-3-1-5-11-7-8-12-6-2-4-10/h19,23-24H,1-18,20-22H2;1-3,6-7,17-19H,4-5,8-14,16H2;14-15H,1-13H2;12-13H,1-11H2;11-12H,1-10H2. The first-order valence-electron chi connectivity index (χ1n) is 33.8. The molecule has 1 aromatic rings. The van der Waals surface area contributed by atoms with Gasteiger partial charge in [0.1, 0.15) is 0 Å². The van der Waals surface area contributed by atoms with Crippen LogP contribution in [0.3, 0.4) is 0 Å². The summed E-state index contributed by atoms with van der Waals surface area (Å²) in [4.78, 5) is 0. The summed E-state index contributed by atoms with van der Waals surface area (Å²) in [7, 11) is 0. The molecule has 0 heterocycles. The first-order valence-corrected chi connectivity index (χ1v) is 33.8. The van der Waals surface area contributed by atoms with E-state index in [1.54, 1.807) is 0 Å². The second kappa shape index (κ2) is 89.1. The zero-order chi connectivity index (χ0) is 61.4. The third-order valence-corrected chi connectivity index (χ3v) is 13.2. The molecule has 0 aliphatic rings. The summed E-state index contributed by atoms with van der Waals surface area (Å²) >= 11 is 0.